The van der Waals surface area contributed by atoms with Crippen molar-refractivity contribution in [2.75, 3.05) is 0 Å². The molecule has 0 aliphatic rings. The number of phenolic OH excluding ortho intramolecular Hbond substituents is 3. The maximum absolute atomic E-state index is 10.2. The van der Waals surface area contributed by atoms with Crippen molar-refractivity contribution in [1.29, 1.82) is 0 Å². The molecule has 0 spiro atoms. The fraction of sp³-hybridized carbons (Fsp3) is 0. The van der Waals surface area contributed by atoms with Crippen LogP contribution in [-0.4, -0.2) is 64.3 Å². The van der Waals surface area contributed by atoms with Crippen molar-refractivity contribution in [3.8, 4) is 95.1 Å². The third-order valence-corrected chi connectivity index (χ3v) is 24.0. The Morgan fingerprint density at radius 2 is 0.561 bits per heavy atom. The van der Waals surface area contributed by atoms with Gasteiger partial charge < -0.3 is 78.5 Å². The number of nitrogens with zero attached hydrogens (tertiary/aromatic N) is 10. The van der Waals surface area contributed by atoms with Gasteiger partial charge in [-0.15, -0.1) is 22.7 Å². The van der Waals surface area contributed by atoms with Crippen LogP contribution in [-0.2, 0) is 141 Å². The van der Waals surface area contributed by atoms with Gasteiger partial charge in [-0.1, -0.05) is 279 Å². The molecule has 0 bridgehead atoms. The number of aromatic nitrogens is 10. The summed E-state index contributed by atoms with van der Waals surface area (Å²) in [7, 11) is 0. The molecule has 0 atom stereocenters. The van der Waals surface area contributed by atoms with Gasteiger partial charge in [-0.2, -0.15) is 24.5 Å². The molecular weight excluding hydrogens is 1970 g/mol. The van der Waals surface area contributed by atoms with E-state index in [1.807, 2.05) is 358 Å². The molecule has 0 aliphatic carbocycles. The van der Waals surface area contributed by atoms with Crippen molar-refractivity contribution in [2.24, 2.45) is 0 Å². The van der Waals surface area contributed by atoms with Gasteiger partial charge in [0, 0.05) is 91.3 Å². The van der Waals surface area contributed by atoms with Crippen molar-refractivity contribution < 1.29 is 93.2 Å². The predicted octanol–water partition coefficient (Wildman–Crippen LogP) is 27.1. The van der Waals surface area contributed by atoms with Crippen molar-refractivity contribution in [3.63, 3.8) is 0 Å². The molecule has 13 nitrogen and oxygen atoms in total. The molecule has 23 rings (SSSR count). The van der Waals surface area contributed by atoms with Crippen LogP contribution in [0.2, 0.25) is 0 Å². The summed E-state index contributed by atoms with van der Waals surface area (Å²) in [6.45, 7) is 0. The summed E-state index contributed by atoms with van der Waals surface area (Å²) in [6, 6.07) is 134. The van der Waals surface area contributed by atoms with Crippen LogP contribution >= 0.6 is 22.7 Å². The topological polar surface area (TPSA) is 174 Å². The Bertz CT molecular complexity index is 7270. The van der Waals surface area contributed by atoms with Crippen LogP contribution in [0.5, 0.6) is 17.2 Å². The second-order valence-electron chi connectivity index (χ2n) is 28.5. The third kappa shape index (κ3) is 24.2. The van der Waals surface area contributed by atoms with E-state index in [4.69, 9.17) is 73.1 Å². The fourth-order valence-electron chi connectivity index (χ4n) is 14.0. The number of imidazole rings is 2. The zero-order chi connectivity index (χ0) is 87.9. The van der Waals surface area contributed by atoms with E-state index < -0.39 is 0 Å². The molecular formula is C108H75N10O3S7Zn4-. The van der Waals surface area contributed by atoms with E-state index >= 15 is 0 Å². The molecule has 0 unspecified atom stereocenters. The second-order valence-corrected chi connectivity index (χ2v) is 32.7. The Morgan fingerprint density at radius 1 is 0.235 bits per heavy atom. The van der Waals surface area contributed by atoms with Crippen LogP contribution in [0, 0.1) is 0 Å². The average molecular weight is 2050 g/mol. The average Bonchev–Trinajstić information content (AvgIpc) is 1.41. The number of benzene rings is 15. The summed E-state index contributed by atoms with van der Waals surface area (Å²) in [6.07, 6.45) is 6.96. The van der Waals surface area contributed by atoms with Gasteiger partial charge >= 0.3 is 39.0 Å². The number of hydrogen-bond acceptors (Lipinski definition) is 18. The van der Waals surface area contributed by atoms with Crippen molar-refractivity contribution in [2.45, 2.75) is 24.5 Å². The van der Waals surface area contributed by atoms with Gasteiger partial charge in [-0.25, -0.2) is 19.9 Å². The van der Waals surface area contributed by atoms with Gasteiger partial charge in [0.1, 0.15) is 44.4 Å². The molecule has 24 heteroatoms. The van der Waals surface area contributed by atoms with Crippen molar-refractivity contribution in [3.05, 3.63) is 437 Å². The molecule has 8 aromatic heterocycles. The van der Waals surface area contributed by atoms with Gasteiger partial charge in [0.25, 0.3) is 0 Å². The Kier molecular flexibility index (Phi) is 36.2. The van der Waals surface area contributed by atoms with Gasteiger partial charge in [0.05, 0.1) is 65.0 Å². The molecule has 8 heterocycles. The zero-order valence-corrected chi connectivity index (χ0v) is 88.7. The van der Waals surface area contributed by atoms with Crippen LogP contribution in [0.4, 0.5) is 0 Å². The van der Waals surface area contributed by atoms with Crippen molar-refractivity contribution >= 4 is 161 Å². The summed E-state index contributed by atoms with van der Waals surface area (Å²) in [5, 5.41) is 35.2. The molecule has 0 saturated carbocycles. The molecule has 0 fully saturated rings. The van der Waals surface area contributed by atoms with Crippen LogP contribution in [0.3, 0.4) is 0 Å². The van der Waals surface area contributed by atoms with E-state index in [9.17, 15) is 15.3 Å². The molecule has 15 aromatic carbocycles. The maximum atomic E-state index is 10.2. The van der Waals surface area contributed by atoms with E-state index in [1.54, 1.807) is 71.7 Å². The largest absolute Gasteiger partial charge is 2.00 e. The number of rotatable bonds is 8. The van der Waals surface area contributed by atoms with Crippen LogP contribution in [0.15, 0.2) is 462 Å². The quantitative estimate of drug-likeness (QED) is 0.0744. The number of pyridine rings is 4. The van der Waals surface area contributed by atoms with E-state index in [0.29, 0.717) is 5.52 Å². The van der Waals surface area contributed by atoms with Gasteiger partial charge in [-0.3, -0.25) is 29.1 Å². The molecule has 0 saturated heterocycles. The molecule has 0 aliphatic heterocycles. The number of phenols is 3. The second kappa shape index (κ2) is 48.5. The van der Waals surface area contributed by atoms with E-state index in [1.165, 1.54) is 9.40 Å². The number of hydrogen-bond donors (Lipinski definition) is 3. The molecule has 0 amide bonds. The predicted molar refractivity (Wildman–Crippen MR) is 537 cm³/mol. The first-order valence-electron chi connectivity index (χ1n) is 40.5. The Balaban J connectivity index is 0.000000137. The monoisotopic (exact) mass is 2040 g/mol. The Morgan fingerprint density at radius 3 is 0.992 bits per heavy atom. The number of para-hydroxylation sites is 10. The Hall–Kier alpha value is -12.6. The minimum atomic E-state index is 0. The molecule has 626 valence electrons. The normalized spacial score (nSPS) is 10.3. The number of thiazole rings is 2. The van der Waals surface area contributed by atoms with E-state index in [2.05, 4.69) is 69.4 Å². The summed E-state index contributed by atoms with van der Waals surface area (Å²) in [5.74, 6) is 2.39. The summed E-state index contributed by atoms with van der Waals surface area (Å²) >= 11 is 29.9. The zero-order valence-electron chi connectivity index (χ0n) is 71.1. The summed E-state index contributed by atoms with van der Waals surface area (Å²) in [5.41, 5.74) is 17.4. The number of aromatic hydroxyl groups is 3. The summed E-state index contributed by atoms with van der Waals surface area (Å²) in [4.78, 5) is 39.8. The standard InChI is InChI=1S/C19H14N2O.C19H14N2S.C13H9NO.2C13H9NS2.2C11H9NS.C9H7NO.4Zn/c2*22-18-13-7-4-10-15(18)19-20-16-11-5-6-12-17(16)21(19)14-8-2-1-3-9-14;15-11-5-1-3-9-6-7-10-4-2-8-14-13(10)12(9)11;2*15-11-7-3-1-5-9(11)13-14-10-6-2-4-8-12(10)16-13;2*13-11-7-2-1-5-9(11)10-6-3-4-8-12-10;11-8-5-1-3-7-4-2-6-10-9(7)8;;;;/h2*1-13,22H;1-8,15H;2*1-8,15H;2*1-8,13H;1-6,11H;;;;/q;;;;;;;;;;2*+2/p-5. The van der Waals surface area contributed by atoms with Gasteiger partial charge in [-0.05, 0) is 167 Å². The third-order valence-electron chi connectivity index (χ3n) is 20.1. The SMILES string of the molecule is Oc1cccc2ccc3cccnc3c12.Oc1cccc2cccnc12.Oc1ccccc1-c1nc2ccccc2n1-c1ccccc1.[S-]c1ccccc1-c1ccccn1.[S-]c1ccccc1-c1ccccn1.[S-]c1ccccc1-c1nc2ccccc2n1-c1ccccc1.[S-]c1ccccc1-c1nc2ccccc2s1.[S-]c1ccccc1-c1nc2ccccc2s1.[Zn+2].[Zn+2].[Zn].[Zn]. The molecule has 132 heavy (non-hydrogen) atoms. The van der Waals surface area contributed by atoms with Gasteiger partial charge in [0.2, 0.25) is 0 Å². The maximum Gasteiger partial charge on any atom is 2.00 e. The first-order valence-corrected chi connectivity index (χ1v) is 44.2. The molecule has 3 N–H and O–H groups in total. The minimum absolute atomic E-state index is 0. The van der Waals surface area contributed by atoms with Crippen LogP contribution in [0.1, 0.15) is 0 Å². The minimum Gasteiger partial charge on any atom is -0.779 e. The summed E-state index contributed by atoms with van der Waals surface area (Å²) < 4.78 is 6.65. The van der Waals surface area contributed by atoms with Gasteiger partial charge in [0.15, 0.2) is 0 Å². The van der Waals surface area contributed by atoms with E-state index in [0.717, 1.165) is 162 Å². The Labute approximate surface area is 851 Å². The number of fused-ring (bicyclic) bond motifs is 8. The fourth-order valence-corrected chi connectivity index (χ4v) is 17.4. The smallest absolute Gasteiger partial charge is 0.779 e. The first kappa shape index (κ1) is 98.4. The van der Waals surface area contributed by atoms with E-state index in [-0.39, 0.29) is 95.2 Å². The molecule has 0 radical (unpaired) electrons. The first-order chi connectivity index (χ1) is 62.9. The molecule has 23 aromatic rings. The van der Waals surface area contributed by atoms with Crippen molar-refractivity contribution in [1.82, 2.24) is 49.0 Å². The van der Waals surface area contributed by atoms with Crippen LogP contribution < -0.4 is 0 Å². The van der Waals surface area contributed by atoms with Crippen LogP contribution in [0.25, 0.3) is 153 Å².